The largest absolute Gasteiger partial charge is 0.506 e. The predicted molar refractivity (Wildman–Crippen MR) is 138 cm³/mol. The number of thioether (sulfide) groups is 1. The third-order valence-electron chi connectivity index (χ3n) is 4.26. The summed E-state index contributed by atoms with van der Waals surface area (Å²) < 4.78 is 12.1. The predicted octanol–water partition coefficient (Wildman–Crippen LogP) is 6.48. The van der Waals surface area contributed by atoms with Gasteiger partial charge >= 0.3 is 5.97 Å². The van der Waals surface area contributed by atoms with Crippen LogP contribution in [0.3, 0.4) is 0 Å². The molecule has 0 atom stereocenters. The molecule has 0 saturated heterocycles. The van der Waals surface area contributed by atoms with Crippen molar-refractivity contribution in [1.82, 2.24) is 0 Å². The maximum Gasteiger partial charge on any atom is 0.344 e. The smallest absolute Gasteiger partial charge is 0.344 e. The molecule has 0 aromatic heterocycles. The van der Waals surface area contributed by atoms with Crippen molar-refractivity contribution in [2.24, 2.45) is 4.99 Å². The molecular weight excluding hydrogens is 574 g/mol. The number of amides is 1. The molecule has 1 heterocycles. The summed E-state index contributed by atoms with van der Waals surface area (Å²) in [6.07, 6.45) is 3.32. The van der Waals surface area contributed by atoms with E-state index < -0.39 is 11.9 Å². The van der Waals surface area contributed by atoms with Crippen LogP contribution in [0, 0.1) is 0 Å². The van der Waals surface area contributed by atoms with Gasteiger partial charge in [-0.2, -0.15) is 0 Å². The van der Waals surface area contributed by atoms with Gasteiger partial charge in [0.15, 0.2) is 0 Å². The normalized spacial score (nSPS) is 15.7. The van der Waals surface area contributed by atoms with Crippen molar-refractivity contribution in [2.45, 2.75) is 6.92 Å². The van der Waals surface area contributed by atoms with E-state index in [-0.39, 0.29) is 23.0 Å². The number of carbonyl (C=O) groups excluding carboxylic acids is 2. The van der Waals surface area contributed by atoms with E-state index in [2.05, 4.69) is 43.4 Å². The number of esters is 1. The zero-order chi connectivity index (χ0) is 24.0. The lowest BCUT2D eigenvalue weighted by atomic mass is 10.1. The number of hydrogen-bond acceptors (Lipinski definition) is 6. The number of ether oxygens (including phenoxy) is 2. The number of nitrogens with zero attached hydrogens (tertiary/aromatic N) is 1. The number of carbonyl (C=O) groups is 2. The van der Waals surface area contributed by atoms with Crippen molar-refractivity contribution in [3.8, 4) is 5.75 Å². The summed E-state index contributed by atoms with van der Waals surface area (Å²) in [5.41, 5.74) is 0.947. The second-order valence-electron chi connectivity index (χ2n) is 6.56. The number of rotatable bonds is 7. The third-order valence-corrected chi connectivity index (χ3v) is 6.46. The van der Waals surface area contributed by atoms with Gasteiger partial charge in [0.25, 0.3) is 5.91 Å². The van der Waals surface area contributed by atoms with Crippen LogP contribution >= 0.6 is 43.6 Å². The quantitative estimate of drug-likeness (QED) is 0.293. The fraction of sp³-hybridized carbons (Fsp3) is 0.125. The van der Waals surface area contributed by atoms with Crippen LogP contribution in [0.4, 0.5) is 0 Å². The summed E-state index contributed by atoms with van der Waals surface area (Å²) in [5, 5.41) is 10.9. The molecule has 1 aliphatic heterocycles. The van der Waals surface area contributed by atoms with E-state index in [0.29, 0.717) is 37.3 Å². The van der Waals surface area contributed by atoms with Gasteiger partial charge in [0.05, 0.1) is 20.5 Å². The minimum Gasteiger partial charge on any atom is -0.506 e. The summed E-state index contributed by atoms with van der Waals surface area (Å²) in [4.78, 5) is 29.6. The number of hydrogen-bond donors (Lipinski definition) is 1. The second kappa shape index (κ2) is 11.5. The number of aliphatic hydroxyl groups is 1. The van der Waals surface area contributed by atoms with Gasteiger partial charge in [-0.15, -0.1) is 0 Å². The lowest BCUT2D eigenvalue weighted by Gasteiger charge is -2.10. The van der Waals surface area contributed by atoms with Gasteiger partial charge in [-0.05, 0) is 74.7 Å². The Balaban J connectivity index is 2.00. The van der Waals surface area contributed by atoms with Gasteiger partial charge < -0.3 is 14.6 Å². The molecule has 1 amide bonds. The number of aliphatic hydroxyl groups excluding tert-OH is 1. The second-order valence-corrected chi connectivity index (χ2v) is 9.30. The lowest BCUT2D eigenvalue weighted by molar-refractivity contribution is -0.138. The fourth-order valence-corrected chi connectivity index (χ4v) is 5.29. The molecule has 0 fully saturated rings. The molecule has 0 radical (unpaired) electrons. The Morgan fingerprint density at radius 1 is 1.18 bits per heavy atom. The molecule has 2 aromatic carbocycles. The average Bonchev–Trinajstić information content (AvgIpc) is 3.08. The first-order chi connectivity index (χ1) is 15.8. The van der Waals surface area contributed by atoms with E-state index in [1.54, 1.807) is 61.5 Å². The Hall–Kier alpha value is -2.62. The maximum absolute atomic E-state index is 12.6. The van der Waals surface area contributed by atoms with Crippen LogP contribution in [-0.2, 0) is 9.53 Å². The van der Waals surface area contributed by atoms with Crippen molar-refractivity contribution in [3.63, 3.8) is 0 Å². The van der Waals surface area contributed by atoms with Crippen LogP contribution in [0.25, 0.3) is 6.08 Å². The monoisotopic (exact) mass is 591 g/mol. The first-order valence-corrected chi connectivity index (χ1v) is 12.2. The Kier molecular flexibility index (Phi) is 8.71. The van der Waals surface area contributed by atoms with Gasteiger partial charge in [-0.25, -0.2) is 9.79 Å². The highest BCUT2D eigenvalue weighted by molar-refractivity contribution is 9.11. The molecule has 1 N–H and O–H groups in total. The van der Waals surface area contributed by atoms with E-state index in [1.807, 2.05) is 0 Å². The molecule has 0 bridgehead atoms. The van der Waals surface area contributed by atoms with Crippen LogP contribution in [0.5, 0.6) is 5.75 Å². The van der Waals surface area contributed by atoms with Crippen LogP contribution in [0.2, 0.25) is 0 Å². The Morgan fingerprint density at radius 2 is 1.85 bits per heavy atom. The van der Waals surface area contributed by atoms with E-state index in [9.17, 15) is 14.7 Å². The molecule has 0 saturated carbocycles. The van der Waals surface area contributed by atoms with Crippen LogP contribution in [0.15, 0.2) is 85.3 Å². The van der Waals surface area contributed by atoms with E-state index >= 15 is 0 Å². The molecule has 3 rings (SSSR count). The summed E-state index contributed by atoms with van der Waals surface area (Å²) in [7, 11) is 0. The summed E-state index contributed by atoms with van der Waals surface area (Å²) in [6.45, 7) is 5.75. The zero-order valence-electron chi connectivity index (χ0n) is 17.5. The maximum atomic E-state index is 12.6. The van der Waals surface area contributed by atoms with Crippen LogP contribution in [-0.4, -0.2) is 35.2 Å². The summed E-state index contributed by atoms with van der Waals surface area (Å²) in [6, 6.07) is 12.1. The van der Waals surface area contributed by atoms with Crippen molar-refractivity contribution in [3.05, 3.63) is 91.4 Å². The first-order valence-electron chi connectivity index (χ1n) is 9.77. The first kappa shape index (κ1) is 25.0. The molecule has 33 heavy (non-hydrogen) atoms. The summed E-state index contributed by atoms with van der Waals surface area (Å²) in [5.74, 6) is -0.958. The fourth-order valence-electron chi connectivity index (χ4n) is 2.82. The van der Waals surface area contributed by atoms with E-state index in [4.69, 9.17) is 9.47 Å². The Morgan fingerprint density at radius 3 is 2.45 bits per heavy atom. The molecule has 6 nitrogen and oxygen atoms in total. The van der Waals surface area contributed by atoms with Gasteiger partial charge in [0, 0.05) is 5.56 Å². The van der Waals surface area contributed by atoms with Gasteiger partial charge in [-0.1, -0.05) is 42.6 Å². The standard InChI is InChI=1S/C24H19Br2NO5S/c1-3-10-32-21-16(25)11-14(12-17(21)26)13-18-20(28)19(24(30)31-4-2)23(33-18)27-22(29)15-8-6-5-7-9-15/h3,5-9,11-13,28H,1,4,10H2,2H3/b18-13+,27-23?. The molecular formula is C24H19Br2NO5S. The highest BCUT2D eigenvalue weighted by Crippen LogP contribution is 2.41. The SMILES string of the molecule is C=CCOc1c(Br)cc(/C=C2/SC(=NC(=O)c3ccccc3)C(C(=O)OCC)=C2O)cc1Br. The zero-order valence-corrected chi connectivity index (χ0v) is 21.5. The molecule has 0 spiro atoms. The summed E-state index contributed by atoms with van der Waals surface area (Å²) >= 11 is 7.97. The third kappa shape index (κ3) is 6.04. The van der Waals surface area contributed by atoms with Gasteiger partial charge in [0.2, 0.25) is 0 Å². The van der Waals surface area contributed by atoms with Gasteiger partial charge in [0.1, 0.15) is 28.7 Å². The minimum absolute atomic E-state index is 0.0788. The highest BCUT2D eigenvalue weighted by atomic mass is 79.9. The van der Waals surface area contributed by atoms with Crippen molar-refractivity contribution >= 4 is 66.6 Å². The number of halogens is 2. The van der Waals surface area contributed by atoms with Crippen LogP contribution in [0.1, 0.15) is 22.8 Å². The Labute approximate surface area is 212 Å². The average molecular weight is 593 g/mol. The van der Waals surface area contributed by atoms with E-state index in [0.717, 1.165) is 11.8 Å². The minimum atomic E-state index is -0.749. The van der Waals surface area contributed by atoms with Crippen LogP contribution < -0.4 is 4.74 Å². The molecule has 9 heteroatoms. The number of aliphatic imine (C=N–C) groups is 1. The van der Waals surface area contributed by atoms with Crippen molar-refractivity contribution in [2.75, 3.05) is 13.2 Å². The van der Waals surface area contributed by atoms with Crippen molar-refractivity contribution in [1.29, 1.82) is 0 Å². The van der Waals surface area contributed by atoms with Gasteiger partial charge in [-0.3, -0.25) is 4.79 Å². The highest BCUT2D eigenvalue weighted by Gasteiger charge is 2.34. The molecule has 170 valence electrons. The lowest BCUT2D eigenvalue weighted by Crippen LogP contribution is -2.14. The molecule has 2 aromatic rings. The molecule has 0 aliphatic carbocycles. The number of benzene rings is 2. The van der Waals surface area contributed by atoms with Crippen molar-refractivity contribution < 1.29 is 24.2 Å². The molecule has 1 aliphatic rings. The Bertz CT molecular complexity index is 1170. The van der Waals surface area contributed by atoms with E-state index in [1.165, 1.54) is 0 Å². The topological polar surface area (TPSA) is 85.2 Å². The molecule has 0 unspecified atom stereocenters.